The van der Waals surface area contributed by atoms with Crippen molar-refractivity contribution in [3.8, 4) is 5.69 Å². The van der Waals surface area contributed by atoms with E-state index in [1.807, 2.05) is 75.5 Å². The molecule has 0 radical (unpaired) electrons. The summed E-state index contributed by atoms with van der Waals surface area (Å²) in [6.45, 7) is 5.78. The summed E-state index contributed by atoms with van der Waals surface area (Å²) < 4.78 is 2.07. The van der Waals surface area contributed by atoms with Gasteiger partial charge in [0.1, 0.15) is 0 Å². The largest absolute Gasteiger partial charge is 0.360 e. The second kappa shape index (κ2) is 6.58. The number of hydrogen-bond donors (Lipinski definition) is 2. The van der Waals surface area contributed by atoms with Crippen molar-refractivity contribution < 1.29 is 4.79 Å². The number of aromatic amines is 1. The lowest BCUT2D eigenvalue weighted by atomic mass is 10.2. The molecule has 122 valence electrons. The van der Waals surface area contributed by atoms with Gasteiger partial charge in [-0.25, -0.2) is 5.43 Å². The molecule has 0 saturated carbocycles. The number of hydrazone groups is 1. The molecule has 3 aromatic rings. The number of H-pyrrole nitrogens is 1. The Balaban J connectivity index is 1.85. The van der Waals surface area contributed by atoms with Crippen LogP contribution in [0.3, 0.4) is 0 Å². The third-order valence-corrected chi connectivity index (χ3v) is 4.00. The Morgan fingerprint density at radius 3 is 2.54 bits per heavy atom. The van der Waals surface area contributed by atoms with Crippen LogP contribution in [-0.2, 0) is 0 Å². The maximum absolute atomic E-state index is 12.5. The van der Waals surface area contributed by atoms with Gasteiger partial charge in [0.2, 0.25) is 0 Å². The van der Waals surface area contributed by atoms with Crippen LogP contribution in [0, 0.1) is 13.8 Å². The average Bonchev–Trinajstić information content (AvgIpc) is 3.21. The molecular weight excluding hydrogens is 300 g/mol. The molecule has 0 unspecified atom stereocenters. The van der Waals surface area contributed by atoms with Gasteiger partial charge in [0.25, 0.3) is 5.91 Å². The van der Waals surface area contributed by atoms with E-state index < -0.39 is 0 Å². The van der Waals surface area contributed by atoms with Crippen molar-refractivity contribution in [2.24, 2.45) is 5.10 Å². The monoisotopic (exact) mass is 320 g/mol. The normalized spacial score (nSPS) is 11.5. The first-order valence-corrected chi connectivity index (χ1v) is 7.80. The van der Waals surface area contributed by atoms with E-state index in [4.69, 9.17) is 0 Å². The molecule has 3 rings (SSSR count). The fourth-order valence-corrected chi connectivity index (χ4v) is 2.78. The number of nitrogens with one attached hydrogen (secondary N) is 2. The van der Waals surface area contributed by atoms with Gasteiger partial charge in [-0.2, -0.15) is 5.10 Å². The van der Waals surface area contributed by atoms with Crippen molar-refractivity contribution in [1.82, 2.24) is 15.0 Å². The quantitative estimate of drug-likeness (QED) is 0.560. The Kier molecular flexibility index (Phi) is 4.33. The molecule has 5 nitrogen and oxygen atoms in total. The molecule has 2 heterocycles. The summed E-state index contributed by atoms with van der Waals surface area (Å²) in [6.07, 6.45) is 1.82. The summed E-state index contributed by atoms with van der Waals surface area (Å²) in [6, 6.07) is 15.7. The van der Waals surface area contributed by atoms with Crippen molar-refractivity contribution in [2.75, 3.05) is 0 Å². The van der Waals surface area contributed by atoms with Gasteiger partial charge in [-0.15, -0.1) is 0 Å². The van der Waals surface area contributed by atoms with Gasteiger partial charge in [0.05, 0.1) is 17.0 Å². The van der Waals surface area contributed by atoms with E-state index in [1.54, 1.807) is 0 Å². The number of carbonyl (C=O) groups is 1. The van der Waals surface area contributed by atoms with Gasteiger partial charge in [0, 0.05) is 23.3 Å². The Bertz CT molecular complexity index is 874. The zero-order valence-electron chi connectivity index (χ0n) is 14.0. The molecule has 1 aromatic carbocycles. The third kappa shape index (κ3) is 3.01. The molecule has 0 aliphatic heterocycles. The molecule has 2 aromatic heterocycles. The molecule has 0 atom stereocenters. The Labute approximate surface area is 141 Å². The van der Waals surface area contributed by atoms with Crippen molar-refractivity contribution >= 4 is 11.6 Å². The van der Waals surface area contributed by atoms with Crippen molar-refractivity contribution in [2.45, 2.75) is 20.8 Å². The van der Waals surface area contributed by atoms with Gasteiger partial charge in [0.15, 0.2) is 0 Å². The second-order valence-electron chi connectivity index (χ2n) is 5.68. The van der Waals surface area contributed by atoms with Gasteiger partial charge >= 0.3 is 0 Å². The van der Waals surface area contributed by atoms with E-state index in [1.165, 1.54) is 0 Å². The minimum absolute atomic E-state index is 0.212. The Morgan fingerprint density at radius 2 is 1.88 bits per heavy atom. The summed E-state index contributed by atoms with van der Waals surface area (Å²) in [5.74, 6) is -0.212. The number of hydrogen-bond acceptors (Lipinski definition) is 2. The Hall–Kier alpha value is -3.08. The van der Waals surface area contributed by atoms with Crippen molar-refractivity contribution in [3.63, 3.8) is 0 Å². The SMILES string of the molecule is CC(=NNC(=O)c1cc(C)n(-c2ccccc2)c1C)c1ccc[nH]1. The van der Waals surface area contributed by atoms with Crippen molar-refractivity contribution in [1.29, 1.82) is 0 Å². The fraction of sp³-hybridized carbons (Fsp3) is 0.158. The minimum atomic E-state index is -0.212. The first-order chi connectivity index (χ1) is 11.6. The molecule has 24 heavy (non-hydrogen) atoms. The van der Waals surface area contributed by atoms with E-state index in [-0.39, 0.29) is 5.91 Å². The van der Waals surface area contributed by atoms with Crippen LogP contribution >= 0.6 is 0 Å². The summed E-state index contributed by atoms with van der Waals surface area (Å²) in [4.78, 5) is 15.6. The molecule has 0 saturated heterocycles. The standard InChI is InChI=1S/C19H20N4O/c1-13-12-17(15(3)23(13)16-8-5-4-6-9-16)19(24)22-21-14(2)18-10-7-11-20-18/h4-12,20H,1-3H3,(H,22,24). The predicted molar refractivity (Wildman–Crippen MR) is 95.7 cm³/mol. The minimum Gasteiger partial charge on any atom is -0.360 e. The highest BCUT2D eigenvalue weighted by atomic mass is 16.2. The fourth-order valence-electron chi connectivity index (χ4n) is 2.78. The van der Waals surface area contributed by atoms with Crippen LogP contribution in [0.25, 0.3) is 5.69 Å². The van der Waals surface area contributed by atoms with E-state index in [2.05, 4.69) is 20.1 Å². The number of nitrogens with zero attached hydrogens (tertiary/aromatic N) is 2. The van der Waals surface area contributed by atoms with E-state index in [0.29, 0.717) is 5.56 Å². The lowest BCUT2D eigenvalue weighted by Crippen LogP contribution is -2.20. The van der Waals surface area contributed by atoms with Gasteiger partial charge in [-0.1, -0.05) is 18.2 Å². The maximum atomic E-state index is 12.5. The number of carbonyl (C=O) groups excluding carboxylic acids is 1. The van der Waals surface area contributed by atoms with Crippen LogP contribution in [0.1, 0.15) is 34.4 Å². The molecule has 2 N–H and O–H groups in total. The highest BCUT2D eigenvalue weighted by Crippen LogP contribution is 2.20. The smallest absolute Gasteiger partial charge is 0.273 e. The third-order valence-electron chi connectivity index (χ3n) is 4.00. The van der Waals surface area contributed by atoms with E-state index >= 15 is 0 Å². The molecule has 0 spiro atoms. The van der Waals surface area contributed by atoms with Gasteiger partial charge in [-0.3, -0.25) is 4.79 Å². The van der Waals surface area contributed by atoms with Crippen LogP contribution in [0.15, 0.2) is 59.8 Å². The molecular formula is C19H20N4O. The lowest BCUT2D eigenvalue weighted by molar-refractivity contribution is 0.0954. The lowest BCUT2D eigenvalue weighted by Gasteiger charge is -2.09. The molecule has 5 heteroatoms. The number of amides is 1. The molecule has 1 amide bonds. The number of rotatable bonds is 4. The van der Waals surface area contributed by atoms with Crippen LogP contribution < -0.4 is 5.43 Å². The highest BCUT2D eigenvalue weighted by molar-refractivity contribution is 6.00. The molecule has 0 bridgehead atoms. The van der Waals surface area contributed by atoms with Crippen LogP contribution in [0.2, 0.25) is 0 Å². The first-order valence-electron chi connectivity index (χ1n) is 7.80. The molecule has 0 aliphatic rings. The van der Waals surface area contributed by atoms with Gasteiger partial charge in [-0.05, 0) is 51.1 Å². The maximum Gasteiger partial charge on any atom is 0.273 e. The first kappa shape index (κ1) is 15.8. The molecule has 0 aliphatic carbocycles. The topological polar surface area (TPSA) is 62.2 Å². The predicted octanol–water partition coefficient (Wildman–Crippen LogP) is 3.58. The van der Waals surface area contributed by atoms with Crippen LogP contribution in [0.5, 0.6) is 0 Å². The van der Waals surface area contributed by atoms with E-state index in [9.17, 15) is 4.79 Å². The zero-order valence-corrected chi connectivity index (χ0v) is 14.0. The van der Waals surface area contributed by atoms with Crippen LogP contribution in [-0.4, -0.2) is 21.2 Å². The number of benzene rings is 1. The highest BCUT2D eigenvalue weighted by Gasteiger charge is 2.16. The van der Waals surface area contributed by atoms with E-state index in [0.717, 1.165) is 28.5 Å². The Morgan fingerprint density at radius 1 is 1.12 bits per heavy atom. The van der Waals surface area contributed by atoms with Crippen LogP contribution in [0.4, 0.5) is 0 Å². The summed E-state index contributed by atoms with van der Waals surface area (Å²) >= 11 is 0. The number of aromatic nitrogens is 2. The zero-order chi connectivity index (χ0) is 17.1. The number of aryl methyl sites for hydroxylation is 1. The second-order valence-corrected chi connectivity index (χ2v) is 5.68. The van der Waals surface area contributed by atoms with Gasteiger partial charge < -0.3 is 9.55 Å². The molecule has 0 fully saturated rings. The number of para-hydroxylation sites is 1. The average molecular weight is 320 g/mol. The van der Waals surface area contributed by atoms with Crippen molar-refractivity contribution in [3.05, 3.63) is 77.4 Å². The summed E-state index contributed by atoms with van der Waals surface area (Å²) in [7, 11) is 0. The summed E-state index contributed by atoms with van der Waals surface area (Å²) in [5, 5.41) is 4.17. The summed E-state index contributed by atoms with van der Waals surface area (Å²) in [5.41, 5.74) is 7.81.